The Bertz CT molecular complexity index is 866. The topological polar surface area (TPSA) is 95.7 Å². The number of piperidine rings is 1. The molecule has 4 rings (SSSR count). The Balaban J connectivity index is 1.36. The lowest BCUT2D eigenvalue weighted by atomic mass is 10.2. The predicted molar refractivity (Wildman–Crippen MR) is 103 cm³/mol. The highest BCUT2D eigenvalue weighted by atomic mass is 32.2. The van der Waals surface area contributed by atoms with Crippen molar-refractivity contribution < 1.29 is 12.9 Å². The zero-order chi connectivity index (χ0) is 19.4. The summed E-state index contributed by atoms with van der Waals surface area (Å²) in [6.07, 6.45) is 7.21. The van der Waals surface area contributed by atoms with Crippen LogP contribution in [0.2, 0.25) is 0 Å². The molecule has 0 saturated carbocycles. The molecule has 2 saturated heterocycles. The molecule has 0 spiro atoms. The standard InChI is InChI=1S/C18H26N6O3S/c25-28(26,23-9-2-1-3-10-23)24-11-5-8-22(12-13-24)15-17-20-18(21-27-17)16-6-4-7-19-14-16/h4,6-7,14H,1-3,5,8-13,15H2. The fourth-order valence-electron chi connectivity index (χ4n) is 3.72. The number of aromatic nitrogens is 3. The third-order valence-electron chi connectivity index (χ3n) is 5.26. The second-order valence-electron chi connectivity index (χ2n) is 7.25. The summed E-state index contributed by atoms with van der Waals surface area (Å²) in [7, 11) is -3.35. The maximum absolute atomic E-state index is 12.9. The van der Waals surface area contributed by atoms with Crippen LogP contribution in [-0.2, 0) is 16.8 Å². The maximum atomic E-state index is 12.9. The molecule has 2 aliphatic heterocycles. The van der Waals surface area contributed by atoms with E-state index in [0.717, 1.165) is 37.8 Å². The van der Waals surface area contributed by atoms with Crippen molar-refractivity contribution >= 4 is 10.2 Å². The van der Waals surface area contributed by atoms with Crippen molar-refractivity contribution in [2.24, 2.45) is 0 Å². The number of rotatable bonds is 5. The van der Waals surface area contributed by atoms with Gasteiger partial charge in [0.15, 0.2) is 0 Å². The minimum absolute atomic E-state index is 0.489. The molecule has 2 aromatic heterocycles. The number of hydrogen-bond donors (Lipinski definition) is 0. The van der Waals surface area contributed by atoms with Gasteiger partial charge in [-0.3, -0.25) is 9.88 Å². The lowest BCUT2D eigenvalue weighted by molar-refractivity contribution is 0.234. The van der Waals surface area contributed by atoms with Crippen LogP contribution in [0, 0.1) is 0 Å². The number of hydrogen-bond acceptors (Lipinski definition) is 7. The van der Waals surface area contributed by atoms with Gasteiger partial charge in [-0.1, -0.05) is 11.6 Å². The molecule has 10 heteroatoms. The van der Waals surface area contributed by atoms with Crippen LogP contribution in [0.15, 0.2) is 29.0 Å². The molecule has 0 aliphatic carbocycles. The van der Waals surface area contributed by atoms with Crippen LogP contribution in [0.5, 0.6) is 0 Å². The van der Waals surface area contributed by atoms with Crippen LogP contribution in [0.1, 0.15) is 31.6 Å². The molecule has 0 bridgehead atoms. The normalized spacial score (nSPS) is 20.9. The Labute approximate surface area is 165 Å². The molecule has 0 radical (unpaired) electrons. The van der Waals surface area contributed by atoms with Crippen molar-refractivity contribution in [1.82, 2.24) is 28.6 Å². The van der Waals surface area contributed by atoms with Gasteiger partial charge in [0.2, 0.25) is 11.7 Å². The van der Waals surface area contributed by atoms with Gasteiger partial charge in [-0.2, -0.15) is 22.0 Å². The average Bonchev–Trinajstić information content (AvgIpc) is 3.06. The zero-order valence-electron chi connectivity index (χ0n) is 15.9. The summed E-state index contributed by atoms with van der Waals surface area (Å²) < 4.78 is 34.5. The quantitative estimate of drug-likeness (QED) is 0.740. The smallest absolute Gasteiger partial charge is 0.282 e. The molecular formula is C18H26N6O3S. The lowest BCUT2D eigenvalue weighted by Crippen LogP contribution is -2.47. The molecule has 2 aliphatic rings. The van der Waals surface area contributed by atoms with E-state index >= 15 is 0 Å². The molecular weight excluding hydrogens is 380 g/mol. The molecule has 28 heavy (non-hydrogen) atoms. The van der Waals surface area contributed by atoms with E-state index < -0.39 is 10.2 Å². The summed E-state index contributed by atoms with van der Waals surface area (Å²) in [5, 5.41) is 4.03. The zero-order valence-corrected chi connectivity index (χ0v) is 16.7. The second kappa shape index (κ2) is 8.64. The van der Waals surface area contributed by atoms with Gasteiger partial charge in [0.05, 0.1) is 6.54 Å². The molecule has 0 aromatic carbocycles. The molecule has 4 heterocycles. The second-order valence-corrected chi connectivity index (χ2v) is 9.18. The number of nitrogens with zero attached hydrogens (tertiary/aromatic N) is 6. The molecule has 152 valence electrons. The maximum Gasteiger partial charge on any atom is 0.282 e. The highest BCUT2D eigenvalue weighted by molar-refractivity contribution is 7.86. The molecule has 0 N–H and O–H groups in total. The molecule has 0 unspecified atom stereocenters. The van der Waals surface area contributed by atoms with Crippen LogP contribution >= 0.6 is 0 Å². The largest absolute Gasteiger partial charge is 0.338 e. The van der Waals surface area contributed by atoms with E-state index in [0.29, 0.717) is 51.0 Å². The van der Waals surface area contributed by atoms with E-state index in [1.165, 1.54) is 0 Å². The van der Waals surface area contributed by atoms with Crippen LogP contribution < -0.4 is 0 Å². The Hall–Kier alpha value is -1.88. The summed E-state index contributed by atoms with van der Waals surface area (Å²) in [4.78, 5) is 10.7. The van der Waals surface area contributed by atoms with Crippen LogP contribution in [0.3, 0.4) is 0 Å². The summed E-state index contributed by atoms with van der Waals surface area (Å²) in [5.41, 5.74) is 0.812. The molecule has 2 fully saturated rings. The Morgan fingerprint density at radius 1 is 0.964 bits per heavy atom. The lowest BCUT2D eigenvalue weighted by Gasteiger charge is -2.31. The van der Waals surface area contributed by atoms with Gasteiger partial charge >= 0.3 is 0 Å². The Morgan fingerprint density at radius 3 is 2.54 bits per heavy atom. The van der Waals surface area contributed by atoms with E-state index in [4.69, 9.17) is 4.52 Å². The van der Waals surface area contributed by atoms with Crippen molar-refractivity contribution in [3.63, 3.8) is 0 Å². The minimum Gasteiger partial charge on any atom is -0.338 e. The van der Waals surface area contributed by atoms with Gasteiger partial charge in [0.1, 0.15) is 0 Å². The molecule has 0 amide bonds. The van der Waals surface area contributed by atoms with Crippen molar-refractivity contribution in [3.8, 4) is 11.4 Å². The summed E-state index contributed by atoms with van der Waals surface area (Å²) in [6, 6.07) is 3.72. The van der Waals surface area contributed by atoms with E-state index in [2.05, 4.69) is 20.0 Å². The van der Waals surface area contributed by atoms with E-state index in [9.17, 15) is 8.42 Å². The van der Waals surface area contributed by atoms with Gasteiger partial charge < -0.3 is 4.52 Å². The molecule has 9 nitrogen and oxygen atoms in total. The Morgan fingerprint density at radius 2 is 1.75 bits per heavy atom. The third-order valence-corrected chi connectivity index (χ3v) is 7.30. The van der Waals surface area contributed by atoms with E-state index in [-0.39, 0.29) is 0 Å². The first-order valence-corrected chi connectivity index (χ1v) is 11.2. The van der Waals surface area contributed by atoms with Crippen LogP contribution in [0.4, 0.5) is 0 Å². The molecule has 2 aromatic rings. The average molecular weight is 407 g/mol. The molecule has 0 atom stereocenters. The summed E-state index contributed by atoms with van der Waals surface area (Å²) >= 11 is 0. The fourth-order valence-corrected chi connectivity index (χ4v) is 5.44. The van der Waals surface area contributed by atoms with Gasteiger partial charge in [-0.05, 0) is 37.9 Å². The SMILES string of the molecule is O=S(=O)(N1CCCCC1)N1CCCN(Cc2nc(-c3cccnc3)no2)CC1. The number of pyridine rings is 1. The predicted octanol–water partition coefficient (Wildman–Crippen LogP) is 1.37. The minimum atomic E-state index is -3.35. The highest BCUT2D eigenvalue weighted by Crippen LogP contribution is 2.19. The summed E-state index contributed by atoms with van der Waals surface area (Å²) in [5.74, 6) is 1.05. The monoisotopic (exact) mass is 406 g/mol. The summed E-state index contributed by atoms with van der Waals surface area (Å²) in [6.45, 7) is 4.30. The van der Waals surface area contributed by atoms with Crippen molar-refractivity contribution in [2.45, 2.75) is 32.2 Å². The van der Waals surface area contributed by atoms with Gasteiger partial charge in [-0.25, -0.2) is 0 Å². The third kappa shape index (κ3) is 4.40. The van der Waals surface area contributed by atoms with Gasteiger partial charge in [0.25, 0.3) is 10.2 Å². The first kappa shape index (κ1) is 19.4. The fraction of sp³-hybridized carbons (Fsp3) is 0.611. The highest BCUT2D eigenvalue weighted by Gasteiger charge is 2.32. The first-order valence-electron chi connectivity index (χ1n) is 9.83. The Kier molecular flexibility index (Phi) is 6.00. The van der Waals surface area contributed by atoms with Crippen LogP contribution in [0.25, 0.3) is 11.4 Å². The van der Waals surface area contributed by atoms with E-state index in [1.54, 1.807) is 21.0 Å². The van der Waals surface area contributed by atoms with Crippen molar-refractivity contribution in [1.29, 1.82) is 0 Å². The first-order chi connectivity index (χ1) is 13.6. The van der Waals surface area contributed by atoms with Crippen molar-refractivity contribution in [2.75, 3.05) is 39.3 Å². The van der Waals surface area contributed by atoms with Crippen molar-refractivity contribution in [3.05, 3.63) is 30.4 Å². The van der Waals surface area contributed by atoms with Gasteiger partial charge in [-0.15, -0.1) is 0 Å². The van der Waals surface area contributed by atoms with E-state index in [1.807, 2.05) is 12.1 Å². The van der Waals surface area contributed by atoms with Crippen LogP contribution in [-0.4, -0.2) is 76.3 Å². The van der Waals surface area contributed by atoms with Gasteiger partial charge in [0, 0.05) is 50.7 Å².